The van der Waals surface area contributed by atoms with Crippen molar-refractivity contribution < 1.29 is 14.4 Å². The van der Waals surface area contributed by atoms with Crippen molar-refractivity contribution in [3.05, 3.63) is 77.6 Å². The highest BCUT2D eigenvalue weighted by atomic mass is 16.2. The summed E-state index contributed by atoms with van der Waals surface area (Å²) in [5.41, 5.74) is 2.72. The van der Waals surface area contributed by atoms with Crippen molar-refractivity contribution in [3.8, 4) is 0 Å². The van der Waals surface area contributed by atoms with E-state index in [-0.39, 0.29) is 24.3 Å². The van der Waals surface area contributed by atoms with E-state index in [1.807, 2.05) is 12.1 Å². The second-order valence-electron chi connectivity index (χ2n) is 6.62. The van der Waals surface area contributed by atoms with Crippen molar-refractivity contribution in [2.24, 2.45) is 0 Å². The lowest BCUT2D eigenvalue weighted by molar-refractivity contribution is -0.117. The van der Waals surface area contributed by atoms with E-state index in [0.29, 0.717) is 28.1 Å². The number of H-pyrrole nitrogens is 1. The van der Waals surface area contributed by atoms with Crippen LogP contribution in [0.15, 0.2) is 60.9 Å². The molecule has 2 aromatic carbocycles. The van der Waals surface area contributed by atoms with Crippen LogP contribution in [0.2, 0.25) is 0 Å². The van der Waals surface area contributed by atoms with Crippen LogP contribution in [0.25, 0.3) is 0 Å². The maximum absolute atomic E-state index is 13.2. The predicted molar refractivity (Wildman–Crippen MR) is 101 cm³/mol. The van der Waals surface area contributed by atoms with Crippen molar-refractivity contribution in [2.75, 3.05) is 16.8 Å². The number of nitrogens with one attached hydrogen (secondary N) is 2. The zero-order chi connectivity index (χ0) is 19.3. The number of amides is 3. The van der Waals surface area contributed by atoms with Crippen molar-refractivity contribution in [2.45, 2.75) is 6.17 Å². The minimum Gasteiger partial charge on any atom is -0.322 e. The highest BCUT2D eigenvalue weighted by molar-refractivity contribution is 6.17. The molecular weight excluding hydrogens is 358 g/mol. The zero-order valence-electron chi connectivity index (χ0n) is 14.6. The normalized spacial score (nSPS) is 17.2. The van der Waals surface area contributed by atoms with Crippen molar-refractivity contribution >= 4 is 29.1 Å². The summed E-state index contributed by atoms with van der Waals surface area (Å²) < 4.78 is 0. The number of rotatable bonds is 3. The number of carbonyl (C=O) groups excluding carboxylic acids is 3. The molecule has 5 rings (SSSR count). The van der Waals surface area contributed by atoms with E-state index in [0.717, 1.165) is 0 Å². The van der Waals surface area contributed by atoms with E-state index in [1.54, 1.807) is 47.5 Å². The number of hydrogen-bond donors (Lipinski definition) is 2. The number of fused-ring (bicyclic) bond motifs is 5. The van der Waals surface area contributed by atoms with Gasteiger partial charge in [-0.3, -0.25) is 24.4 Å². The Morgan fingerprint density at radius 2 is 1.79 bits per heavy atom. The summed E-state index contributed by atoms with van der Waals surface area (Å²) in [6.07, 6.45) is 2.37. The fourth-order valence-corrected chi connectivity index (χ4v) is 3.81. The second-order valence-corrected chi connectivity index (χ2v) is 6.62. The standard InChI is InChI=1S/C20H15N5O3/c26-17(23-12-9-21-22-10-12)11-24-18-13-5-1-2-6-14(13)20(28)25(18)16-8-4-3-7-15(16)19(24)27/h1-10,18H,11H2,(H,21,22)(H,23,26)/t18-/m0/s1. The van der Waals surface area contributed by atoms with Crippen LogP contribution < -0.4 is 10.2 Å². The number of benzene rings is 2. The van der Waals surface area contributed by atoms with Gasteiger partial charge in [0.2, 0.25) is 5.91 Å². The predicted octanol–water partition coefficient (Wildman–Crippen LogP) is 2.16. The van der Waals surface area contributed by atoms with Gasteiger partial charge in [-0.05, 0) is 18.2 Å². The number of nitrogens with zero attached hydrogens (tertiary/aromatic N) is 3. The van der Waals surface area contributed by atoms with Crippen LogP contribution in [0.4, 0.5) is 11.4 Å². The van der Waals surface area contributed by atoms with Crippen molar-refractivity contribution in [1.82, 2.24) is 15.1 Å². The lowest BCUT2D eigenvalue weighted by atomic mass is 10.0. The first-order valence-corrected chi connectivity index (χ1v) is 8.76. The lowest BCUT2D eigenvalue weighted by Crippen LogP contribution is -2.50. The highest BCUT2D eigenvalue weighted by Crippen LogP contribution is 2.44. The van der Waals surface area contributed by atoms with Crippen molar-refractivity contribution in [3.63, 3.8) is 0 Å². The third kappa shape index (κ3) is 2.31. The molecule has 8 heteroatoms. The van der Waals surface area contributed by atoms with Gasteiger partial charge in [-0.15, -0.1) is 0 Å². The topological polar surface area (TPSA) is 98.4 Å². The Balaban J connectivity index is 1.57. The molecule has 28 heavy (non-hydrogen) atoms. The smallest absolute Gasteiger partial charge is 0.260 e. The molecule has 2 N–H and O–H groups in total. The van der Waals surface area contributed by atoms with Crippen LogP contribution in [0, 0.1) is 0 Å². The van der Waals surface area contributed by atoms with Gasteiger partial charge in [0.1, 0.15) is 12.7 Å². The molecule has 0 aliphatic carbocycles. The number of para-hydroxylation sites is 1. The van der Waals surface area contributed by atoms with Gasteiger partial charge >= 0.3 is 0 Å². The Labute approximate surface area is 159 Å². The summed E-state index contributed by atoms with van der Waals surface area (Å²) in [5, 5.41) is 9.10. The average Bonchev–Trinajstić information content (AvgIpc) is 3.32. The molecular formula is C20H15N5O3. The Morgan fingerprint density at radius 1 is 1.04 bits per heavy atom. The third-order valence-electron chi connectivity index (χ3n) is 4.98. The molecule has 3 amide bonds. The Kier molecular flexibility index (Phi) is 3.51. The van der Waals surface area contributed by atoms with Gasteiger partial charge in [0.25, 0.3) is 11.8 Å². The summed E-state index contributed by atoms with van der Waals surface area (Å²) in [6, 6.07) is 14.1. The molecule has 0 bridgehead atoms. The van der Waals surface area contributed by atoms with E-state index in [1.165, 1.54) is 11.1 Å². The first-order valence-electron chi connectivity index (χ1n) is 8.76. The maximum atomic E-state index is 13.2. The van der Waals surface area contributed by atoms with E-state index in [9.17, 15) is 14.4 Å². The van der Waals surface area contributed by atoms with Gasteiger partial charge in [-0.2, -0.15) is 5.10 Å². The van der Waals surface area contributed by atoms with Gasteiger partial charge in [0.15, 0.2) is 0 Å². The van der Waals surface area contributed by atoms with E-state index in [2.05, 4.69) is 15.5 Å². The third-order valence-corrected chi connectivity index (χ3v) is 4.98. The number of aromatic nitrogens is 2. The number of aromatic amines is 1. The summed E-state index contributed by atoms with van der Waals surface area (Å²) in [7, 11) is 0. The molecule has 138 valence electrons. The Bertz CT molecular complexity index is 1110. The lowest BCUT2D eigenvalue weighted by Gasteiger charge is -2.40. The van der Waals surface area contributed by atoms with Crippen LogP contribution >= 0.6 is 0 Å². The van der Waals surface area contributed by atoms with Crippen LogP contribution in [-0.2, 0) is 4.79 Å². The molecule has 2 aliphatic heterocycles. The van der Waals surface area contributed by atoms with Gasteiger partial charge in [0.05, 0.1) is 23.1 Å². The minimum absolute atomic E-state index is 0.180. The van der Waals surface area contributed by atoms with Crippen molar-refractivity contribution in [1.29, 1.82) is 0 Å². The first kappa shape index (κ1) is 16.2. The Morgan fingerprint density at radius 3 is 2.57 bits per heavy atom. The number of hydrogen-bond acceptors (Lipinski definition) is 4. The Hall–Kier alpha value is -3.94. The van der Waals surface area contributed by atoms with E-state index >= 15 is 0 Å². The molecule has 0 radical (unpaired) electrons. The largest absolute Gasteiger partial charge is 0.322 e. The molecule has 0 spiro atoms. The molecule has 2 aliphatic rings. The fourth-order valence-electron chi connectivity index (χ4n) is 3.81. The van der Waals surface area contributed by atoms with Crippen LogP contribution in [0.1, 0.15) is 32.4 Å². The van der Waals surface area contributed by atoms with Gasteiger partial charge in [0, 0.05) is 17.3 Å². The maximum Gasteiger partial charge on any atom is 0.260 e. The van der Waals surface area contributed by atoms with Gasteiger partial charge < -0.3 is 10.2 Å². The monoisotopic (exact) mass is 373 g/mol. The molecule has 1 atom stereocenters. The van der Waals surface area contributed by atoms with E-state index in [4.69, 9.17) is 0 Å². The molecule has 3 heterocycles. The molecule has 8 nitrogen and oxygen atoms in total. The molecule has 0 saturated carbocycles. The highest BCUT2D eigenvalue weighted by Gasteiger charge is 2.47. The quantitative estimate of drug-likeness (QED) is 0.735. The van der Waals surface area contributed by atoms with Crippen LogP contribution in [0.3, 0.4) is 0 Å². The summed E-state index contributed by atoms with van der Waals surface area (Å²) in [5.74, 6) is -0.838. The van der Waals surface area contributed by atoms with Gasteiger partial charge in [-0.1, -0.05) is 30.3 Å². The number of anilines is 2. The minimum atomic E-state index is -0.652. The fraction of sp³-hybridized carbons (Fsp3) is 0.100. The molecule has 0 unspecified atom stereocenters. The molecule has 3 aromatic rings. The molecule has 0 fully saturated rings. The summed E-state index contributed by atoms with van der Waals surface area (Å²) in [4.78, 5) is 41.9. The molecule has 0 saturated heterocycles. The van der Waals surface area contributed by atoms with E-state index < -0.39 is 6.17 Å². The SMILES string of the molecule is O=C(CN1C(=O)c2ccccc2N2C(=O)c3ccccc3[C@@H]12)Nc1cn[nH]c1. The van der Waals surface area contributed by atoms with Gasteiger partial charge in [-0.25, -0.2) is 0 Å². The summed E-state index contributed by atoms with van der Waals surface area (Å²) >= 11 is 0. The van der Waals surface area contributed by atoms with Crippen LogP contribution in [0.5, 0.6) is 0 Å². The first-order chi connectivity index (χ1) is 13.6. The zero-order valence-corrected chi connectivity index (χ0v) is 14.6. The van der Waals surface area contributed by atoms with Crippen LogP contribution in [-0.4, -0.2) is 39.4 Å². The average molecular weight is 373 g/mol. The molecule has 1 aromatic heterocycles. The summed E-state index contributed by atoms with van der Waals surface area (Å²) in [6.45, 7) is -0.193. The number of carbonyl (C=O) groups is 3. The second kappa shape index (κ2) is 6.05.